The third-order valence-corrected chi connectivity index (χ3v) is 5.43. The van der Waals surface area contributed by atoms with Gasteiger partial charge in [0.2, 0.25) is 17.7 Å². The summed E-state index contributed by atoms with van der Waals surface area (Å²) < 4.78 is 0. The van der Waals surface area contributed by atoms with Crippen LogP contribution in [-0.2, 0) is 24.0 Å². The lowest BCUT2D eigenvalue weighted by atomic mass is 9.96. The number of unbranched alkanes of at least 4 members (excludes halogenated alkanes) is 1. The lowest BCUT2D eigenvalue weighted by Gasteiger charge is -2.28. The first-order valence-electron chi connectivity index (χ1n) is 11.6. The molecule has 5 atom stereocenters. The van der Waals surface area contributed by atoms with Gasteiger partial charge in [-0.3, -0.25) is 19.2 Å². The largest absolute Gasteiger partial charge is 0.481 e. The van der Waals surface area contributed by atoms with Crippen LogP contribution in [-0.4, -0.2) is 70.6 Å². The minimum atomic E-state index is -1.65. The maximum atomic E-state index is 13.1. The SMILES string of the molecule is CCC(C)C(NC(=O)C(CC(C)C)NC(=O)C(N)CCCCN)C(=O)NC(CC(=O)O)C(=O)O. The summed E-state index contributed by atoms with van der Waals surface area (Å²) in [6.45, 7) is 7.71. The molecule has 5 unspecified atom stereocenters. The van der Waals surface area contributed by atoms with Gasteiger partial charge in [0.25, 0.3) is 0 Å². The molecule has 12 heteroatoms. The Morgan fingerprint density at radius 3 is 1.91 bits per heavy atom. The summed E-state index contributed by atoms with van der Waals surface area (Å²) in [5, 5.41) is 25.6. The molecule has 0 aliphatic carbocycles. The number of rotatable bonds is 17. The van der Waals surface area contributed by atoms with Crippen molar-refractivity contribution < 1.29 is 34.2 Å². The number of nitrogens with two attached hydrogens (primary N) is 2. The molecule has 0 aliphatic heterocycles. The van der Waals surface area contributed by atoms with E-state index in [2.05, 4.69) is 16.0 Å². The Morgan fingerprint density at radius 1 is 0.853 bits per heavy atom. The van der Waals surface area contributed by atoms with E-state index < -0.39 is 66.2 Å². The van der Waals surface area contributed by atoms with Gasteiger partial charge in [-0.15, -0.1) is 0 Å². The Morgan fingerprint density at radius 2 is 1.44 bits per heavy atom. The van der Waals surface area contributed by atoms with E-state index in [1.54, 1.807) is 13.8 Å². The third-order valence-electron chi connectivity index (χ3n) is 5.43. The Kier molecular flexibility index (Phi) is 14.7. The number of amides is 3. The van der Waals surface area contributed by atoms with Crippen LogP contribution in [0.2, 0.25) is 0 Å². The van der Waals surface area contributed by atoms with E-state index in [1.165, 1.54) is 0 Å². The average molecular weight is 488 g/mol. The average Bonchev–Trinajstić information content (AvgIpc) is 2.74. The number of carboxylic acid groups (broad SMARTS) is 2. The standard InChI is InChI=1S/C22H41N5O7/c1-5-13(4)18(21(32)26-16(22(33)34)11-17(28)29)27-20(31)15(10-12(2)3)25-19(30)14(24)8-6-7-9-23/h12-16,18H,5-11,23-24H2,1-4H3,(H,25,30)(H,26,32)(H,27,31)(H,28,29)(H,33,34). The van der Waals surface area contributed by atoms with Crippen molar-refractivity contribution in [2.45, 2.75) is 90.4 Å². The molecule has 3 amide bonds. The van der Waals surface area contributed by atoms with E-state index in [0.717, 1.165) is 6.42 Å². The van der Waals surface area contributed by atoms with Crippen LogP contribution in [0.3, 0.4) is 0 Å². The van der Waals surface area contributed by atoms with E-state index in [4.69, 9.17) is 16.6 Å². The van der Waals surface area contributed by atoms with Crippen LogP contribution in [0.1, 0.15) is 66.2 Å². The van der Waals surface area contributed by atoms with E-state index in [9.17, 15) is 29.1 Å². The van der Waals surface area contributed by atoms with Crippen LogP contribution < -0.4 is 27.4 Å². The minimum absolute atomic E-state index is 0.0346. The summed E-state index contributed by atoms with van der Waals surface area (Å²) in [7, 11) is 0. The fourth-order valence-electron chi connectivity index (χ4n) is 3.21. The predicted octanol–water partition coefficient (Wildman–Crippen LogP) is -0.451. The van der Waals surface area contributed by atoms with Crippen molar-refractivity contribution in [3.8, 4) is 0 Å². The zero-order valence-electron chi connectivity index (χ0n) is 20.5. The van der Waals surface area contributed by atoms with Gasteiger partial charge >= 0.3 is 11.9 Å². The fraction of sp³-hybridized carbons (Fsp3) is 0.773. The van der Waals surface area contributed by atoms with Gasteiger partial charge in [0.15, 0.2) is 0 Å². The monoisotopic (exact) mass is 487 g/mol. The fourth-order valence-corrected chi connectivity index (χ4v) is 3.21. The van der Waals surface area contributed by atoms with Gasteiger partial charge in [-0.25, -0.2) is 4.79 Å². The topological polar surface area (TPSA) is 214 Å². The predicted molar refractivity (Wildman–Crippen MR) is 125 cm³/mol. The summed E-state index contributed by atoms with van der Waals surface area (Å²) in [6, 6.07) is -4.54. The minimum Gasteiger partial charge on any atom is -0.481 e. The number of carboxylic acids is 2. The number of carbonyl (C=O) groups excluding carboxylic acids is 3. The lowest BCUT2D eigenvalue weighted by Crippen LogP contribution is -2.59. The van der Waals surface area contributed by atoms with Gasteiger partial charge in [-0.1, -0.05) is 40.5 Å². The van der Waals surface area contributed by atoms with Crippen LogP contribution in [0.4, 0.5) is 0 Å². The molecule has 0 heterocycles. The van der Waals surface area contributed by atoms with Crippen LogP contribution in [0.15, 0.2) is 0 Å². The highest BCUT2D eigenvalue weighted by Gasteiger charge is 2.33. The maximum absolute atomic E-state index is 13.1. The van der Waals surface area contributed by atoms with Gasteiger partial charge in [0.1, 0.15) is 18.1 Å². The molecule has 0 saturated heterocycles. The molecule has 0 fully saturated rings. The molecule has 0 aliphatic rings. The molecule has 9 N–H and O–H groups in total. The molecule has 0 saturated carbocycles. The van der Waals surface area contributed by atoms with Crippen molar-refractivity contribution in [1.29, 1.82) is 0 Å². The highest BCUT2D eigenvalue weighted by atomic mass is 16.4. The van der Waals surface area contributed by atoms with Crippen LogP contribution in [0, 0.1) is 11.8 Å². The van der Waals surface area contributed by atoms with Gasteiger partial charge < -0.3 is 37.6 Å². The molecule has 12 nitrogen and oxygen atoms in total. The smallest absolute Gasteiger partial charge is 0.326 e. The van der Waals surface area contributed by atoms with Crippen molar-refractivity contribution in [2.24, 2.45) is 23.3 Å². The number of hydrogen-bond donors (Lipinski definition) is 7. The van der Waals surface area contributed by atoms with Crippen molar-refractivity contribution in [1.82, 2.24) is 16.0 Å². The molecular formula is C22H41N5O7. The van der Waals surface area contributed by atoms with Gasteiger partial charge in [-0.05, 0) is 37.6 Å². The van der Waals surface area contributed by atoms with Crippen LogP contribution in [0.25, 0.3) is 0 Å². The zero-order valence-corrected chi connectivity index (χ0v) is 20.5. The molecule has 0 aromatic carbocycles. The molecule has 0 spiro atoms. The van der Waals surface area contributed by atoms with E-state index in [1.807, 2.05) is 13.8 Å². The van der Waals surface area contributed by atoms with Crippen molar-refractivity contribution >= 4 is 29.7 Å². The Balaban J connectivity index is 5.49. The first-order chi connectivity index (χ1) is 15.8. The maximum Gasteiger partial charge on any atom is 0.326 e. The van der Waals surface area contributed by atoms with Crippen molar-refractivity contribution in [3.63, 3.8) is 0 Å². The normalized spacial score (nSPS) is 15.5. The Hall–Kier alpha value is -2.73. The second-order valence-corrected chi connectivity index (χ2v) is 8.95. The Labute approximate surface area is 200 Å². The Bertz CT molecular complexity index is 701. The van der Waals surface area contributed by atoms with E-state index in [-0.39, 0.29) is 5.92 Å². The molecule has 0 aromatic rings. The molecule has 0 rings (SSSR count). The summed E-state index contributed by atoms with van der Waals surface area (Å²) in [4.78, 5) is 60.6. The van der Waals surface area contributed by atoms with Gasteiger partial charge in [0.05, 0.1) is 12.5 Å². The quantitative estimate of drug-likeness (QED) is 0.132. The molecule has 0 aromatic heterocycles. The zero-order chi connectivity index (χ0) is 26.4. The second kappa shape index (κ2) is 16.0. The van der Waals surface area contributed by atoms with Gasteiger partial charge in [0, 0.05) is 0 Å². The molecule has 0 radical (unpaired) electrons. The number of nitrogens with one attached hydrogen (secondary N) is 3. The van der Waals surface area contributed by atoms with Crippen molar-refractivity contribution in [3.05, 3.63) is 0 Å². The number of aliphatic carboxylic acids is 2. The third kappa shape index (κ3) is 11.9. The summed E-state index contributed by atoms with van der Waals surface area (Å²) in [5.74, 6) is -5.16. The van der Waals surface area contributed by atoms with E-state index in [0.29, 0.717) is 32.2 Å². The molecule has 34 heavy (non-hydrogen) atoms. The first kappa shape index (κ1) is 31.3. The van der Waals surface area contributed by atoms with Crippen molar-refractivity contribution in [2.75, 3.05) is 6.54 Å². The lowest BCUT2D eigenvalue weighted by molar-refractivity contribution is -0.147. The highest BCUT2D eigenvalue weighted by Crippen LogP contribution is 2.12. The molecular weight excluding hydrogens is 446 g/mol. The summed E-state index contributed by atoms with van der Waals surface area (Å²) in [5.41, 5.74) is 11.4. The first-order valence-corrected chi connectivity index (χ1v) is 11.6. The van der Waals surface area contributed by atoms with Crippen LogP contribution >= 0.6 is 0 Å². The van der Waals surface area contributed by atoms with Gasteiger partial charge in [-0.2, -0.15) is 0 Å². The highest BCUT2D eigenvalue weighted by molar-refractivity contribution is 5.94. The molecule has 0 bridgehead atoms. The second-order valence-electron chi connectivity index (χ2n) is 8.95. The summed E-state index contributed by atoms with van der Waals surface area (Å²) in [6.07, 6.45) is 1.76. The van der Waals surface area contributed by atoms with E-state index >= 15 is 0 Å². The van der Waals surface area contributed by atoms with Crippen LogP contribution in [0.5, 0.6) is 0 Å². The number of carbonyl (C=O) groups is 5. The summed E-state index contributed by atoms with van der Waals surface area (Å²) >= 11 is 0. The number of hydrogen-bond acceptors (Lipinski definition) is 7. The molecule has 196 valence electrons.